The fourth-order valence-corrected chi connectivity index (χ4v) is 4.42. The molecule has 9 heteroatoms. The van der Waals surface area contributed by atoms with E-state index in [1.165, 1.54) is 4.57 Å². The van der Waals surface area contributed by atoms with Gasteiger partial charge >= 0.3 is 0 Å². The van der Waals surface area contributed by atoms with E-state index in [0.29, 0.717) is 36.2 Å². The molecule has 0 unspecified atom stereocenters. The van der Waals surface area contributed by atoms with Crippen molar-refractivity contribution in [1.82, 2.24) is 24.8 Å². The number of aromatic nitrogens is 4. The molecule has 3 aromatic heterocycles. The van der Waals surface area contributed by atoms with E-state index >= 15 is 0 Å². The third-order valence-corrected chi connectivity index (χ3v) is 6.23. The number of fused-ring (bicyclic) bond motifs is 2. The molecule has 34 heavy (non-hydrogen) atoms. The minimum absolute atomic E-state index is 0.0999. The van der Waals surface area contributed by atoms with Crippen molar-refractivity contribution in [2.45, 2.75) is 45.8 Å². The van der Waals surface area contributed by atoms with Gasteiger partial charge in [-0.15, -0.1) is 0 Å². The molecule has 1 aliphatic heterocycles. The van der Waals surface area contributed by atoms with Gasteiger partial charge < -0.3 is 15.6 Å². The Bertz CT molecular complexity index is 1460. The summed E-state index contributed by atoms with van der Waals surface area (Å²) in [5.74, 6) is -0.435. The topological polar surface area (TPSA) is 105 Å². The molecule has 0 saturated carbocycles. The molecule has 1 atom stereocenters. The minimum Gasteiger partial charge on any atom is -0.361 e. The molecule has 1 aromatic carbocycles. The molecule has 3 N–H and O–H groups in total. The van der Waals surface area contributed by atoms with Crippen LogP contribution in [0.1, 0.15) is 40.7 Å². The van der Waals surface area contributed by atoms with Crippen LogP contribution >= 0.6 is 0 Å². The van der Waals surface area contributed by atoms with E-state index in [-0.39, 0.29) is 29.6 Å². The van der Waals surface area contributed by atoms with Crippen molar-refractivity contribution < 1.29 is 9.18 Å². The van der Waals surface area contributed by atoms with Crippen molar-refractivity contribution in [1.29, 1.82) is 0 Å². The van der Waals surface area contributed by atoms with Gasteiger partial charge in [-0.3, -0.25) is 19.1 Å². The SMILES string of the molecule is Cc1cc2[nH]c(CNC(=O)[C@@H]3CCc4cnc(NCc5cccc(C)c5F)c(=O)n43)cc2cn1. The highest BCUT2D eigenvalue weighted by Crippen LogP contribution is 2.24. The van der Waals surface area contributed by atoms with Gasteiger partial charge in [0.25, 0.3) is 5.56 Å². The molecule has 0 spiro atoms. The van der Waals surface area contributed by atoms with Crippen molar-refractivity contribution in [2.24, 2.45) is 0 Å². The van der Waals surface area contributed by atoms with E-state index in [1.807, 2.05) is 19.1 Å². The maximum Gasteiger partial charge on any atom is 0.294 e. The van der Waals surface area contributed by atoms with Crippen LogP contribution in [0.4, 0.5) is 10.2 Å². The number of aromatic amines is 1. The number of aryl methyl sites for hydroxylation is 3. The van der Waals surface area contributed by atoms with Crippen LogP contribution in [-0.2, 0) is 24.3 Å². The Morgan fingerprint density at radius 2 is 2.06 bits per heavy atom. The highest BCUT2D eigenvalue weighted by Gasteiger charge is 2.30. The Balaban J connectivity index is 1.30. The fraction of sp³-hybridized carbons (Fsp3) is 0.280. The zero-order valence-electron chi connectivity index (χ0n) is 19.0. The number of carbonyl (C=O) groups is 1. The monoisotopic (exact) mass is 460 g/mol. The lowest BCUT2D eigenvalue weighted by Gasteiger charge is -2.16. The highest BCUT2D eigenvalue weighted by atomic mass is 19.1. The van der Waals surface area contributed by atoms with Gasteiger partial charge in [0.1, 0.15) is 11.9 Å². The van der Waals surface area contributed by atoms with Gasteiger partial charge in [0.15, 0.2) is 5.82 Å². The number of anilines is 1. The number of H-pyrrole nitrogens is 1. The maximum absolute atomic E-state index is 14.3. The Morgan fingerprint density at radius 1 is 1.21 bits per heavy atom. The minimum atomic E-state index is -0.616. The number of benzene rings is 1. The molecule has 4 aromatic rings. The Hall–Kier alpha value is -4.01. The lowest BCUT2D eigenvalue weighted by molar-refractivity contribution is -0.124. The molecule has 0 aliphatic carbocycles. The molecule has 0 bridgehead atoms. The van der Waals surface area contributed by atoms with Crippen LogP contribution in [0.25, 0.3) is 10.9 Å². The van der Waals surface area contributed by atoms with Crippen LogP contribution in [0.15, 0.2) is 47.5 Å². The van der Waals surface area contributed by atoms with Crippen molar-refractivity contribution in [3.63, 3.8) is 0 Å². The molecule has 5 rings (SSSR count). The number of halogens is 1. The number of rotatable bonds is 6. The fourth-order valence-electron chi connectivity index (χ4n) is 4.42. The Kier molecular flexibility index (Phi) is 5.61. The third kappa shape index (κ3) is 4.05. The second-order valence-electron chi connectivity index (χ2n) is 8.65. The summed E-state index contributed by atoms with van der Waals surface area (Å²) < 4.78 is 15.8. The van der Waals surface area contributed by atoms with Gasteiger partial charge in [0.2, 0.25) is 5.91 Å². The molecule has 8 nitrogen and oxygen atoms in total. The zero-order chi connectivity index (χ0) is 23.8. The summed E-state index contributed by atoms with van der Waals surface area (Å²) in [7, 11) is 0. The summed E-state index contributed by atoms with van der Waals surface area (Å²) >= 11 is 0. The normalized spacial score (nSPS) is 14.9. The molecular weight excluding hydrogens is 435 g/mol. The van der Waals surface area contributed by atoms with Gasteiger partial charge in [0.05, 0.1) is 6.54 Å². The van der Waals surface area contributed by atoms with E-state index in [9.17, 15) is 14.0 Å². The van der Waals surface area contributed by atoms with Gasteiger partial charge in [-0.05, 0) is 44.4 Å². The van der Waals surface area contributed by atoms with Crippen LogP contribution in [0.5, 0.6) is 0 Å². The summed E-state index contributed by atoms with van der Waals surface area (Å²) in [5, 5.41) is 6.85. The first-order chi connectivity index (χ1) is 16.4. The molecule has 1 aliphatic rings. The molecule has 0 radical (unpaired) electrons. The largest absolute Gasteiger partial charge is 0.361 e. The van der Waals surface area contributed by atoms with Crippen LogP contribution in [0.3, 0.4) is 0 Å². The third-order valence-electron chi connectivity index (χ3n) is 6.23. The summed E-state index contributed by atoms with van der Waals surface area (Å²) in [6.45, 7) is 4.06. The number of pyridine rings is 1. The first-order valence-electron chi connectivity index (χ1n) is 11.2. The van der Waals surface area contributed by atoms with Gasteiger partial charge in [-0.1, -0.05) is 18.2 Å². The number of amides is 1. The highest BCUT2D eigenvalue weighted by molar-refractivity contribution is 5.82. The lowest BCUT2D eigenvalue weighted by atomic mass is 10.1. The maximum atomic E-state index is 14.3. The quantitative estimate of drug-likeness (QED) is 0.410. The first-order valence-corrected chi connectivity index (χ1v) is 11.2. The number of carbonyl (C=O) groups excluding carboxylic acids is 1. The average molecular weight is 461 g/mol. The van der Waals surface area contributed by atoms with Gasteiger partial charge in [-0.25, -0.2) is 9.37 Å². The predicted octanol–water partition coefficient (Wildman–Crippen LogP) is 3.29. The smallest absolute Gasteiger partial charge is 0.294 e. The van der Waals surface area contributed by atoms with Crippen LogP contribution in [0, 0.1) is 19.7 Å². The predicted molar refractivity (Wildman–Crippen MR) is 127 cm³/mol. The standard InChI is InChI=1S/C25H25FN6O2/c1-14-4-3-5-16(22(14)26)10-28-23-25(34)32-19(13-29-23)6-7-21(32)24(33)30-12-18-9-17-11-27-15(2)8-20(17)31-18/h3-5,8-9,11,13,21,31H,6-7,10,12H2,1-2H3,(H,28,29)(H,30,33)/t21-/m0/s1. The molecule has 174 valence electrons. The van der Waals surface area contributed by atoms with Gasteiger partial charge in [-0.2, -0.15) is 0 Å². The summed E-state index contributed by atoms with van der Waals surface area (Å²) in [6, 6.07) is 8.42. The van der Waals surface area contributed by atoms with Gasteiger partial charge in [0, 0.05) is 52.5 Å². The van der Waals surface area contributed by atoms with Crippen molar-refractivity contribution in [2.75, 3.05) is 5.32 Å². The van der Waals surface area contributed by atoms with E-state index in [4.69, 9.17) is 0 Å². The van der Waals surface area contributed by atoms with Crippen molar-refractivity contribution >= 4 is 22.6 Å². The second-order valence-corrected chi connectivity index (χ2v) is 8.65. The molecular formula is C25H25FN6O2. The lowest BCUT2D eigenvalue weighted by Crippen LogP contribution is -2.36. The Labute approximate surface area is 195 Å². The molecule has 4 heterocycles. The summed E-state index contributed by atoms with van der Waals surface area (Å²) in [4.78, 5) is 37.9. The zero-order valence-corrected chi connectivity index (χ0v) is 19.0. The van der Waals surface area contributed by atoms with E-state index < -0.39 is 6.04 Å². The van der Waals surface area contributed by atoms with Crippen LogP contribution in [-0.4, -0.2) is 25.4 Å². The van der Waals surface area contributed by atoms with Crippen LogP contribution in [0.2, 0.25) is 0 Å². The van der Waals surface area contributed by atoms with Crippen LogP contribution < -0.4 is 16.2 Å². The molecule has 0 fully saturated rings. The summed E-state index contributed by atoms with van der Waals surface area (Å²) in [6.07, 6.45) is 4.51. The Morgan fingerprint density at radius 3 is 2.91 bits per heavy atom. The summed E-state index contributed by atoms with van der Waals surface area (Å²) in [5.41, 5.74) is 4.06. The second kappa shape index (κ2) is 8.74. The number of hydrogen-bond acceptors (Lipinski definition) is 5. The number of nitrogens with one attached hydrogen (secondary N) is 3. The average Bonchev–Trinajstić information content (AvgIpc) is 3.43. The molecule has 1 amide bonds. The van der Waals surface area contributed by atoms with Crippen molar-refractivity contribution in [3.8, 4) is 0 Å². The van der Waals surface area contributed by atoms with E-state index in [2.05, 4.69) is 25.6 Å². The molecule has 0 saturated heterocycles. The van der Waals surface area contributed by atoms with Crippen molar-refractivity contribution in [3.05, 3.63) is 87.1 Å². The number of hydrogen-bond donors (Lipinski definition) is 3. The first kappa shape index (κ1) is 21.8. The number of nitrogens with zero attached hydrogens (tertiary/aromatic N) is 3. The van der Waals surface area contributed by atoms with E-state index in [1.54, 1.807) is 37.5 Å². The van der Waals surface area contributed by atoms with E-state index in [0.717, 1.165) is 22.3 Å².